The molecule has 29 heavy (non-hydrogen) atoms. The highest BCUT2D eigenvalue weighted by Gasteiger charge is 2.46. The lowest BCUT2D eigenvalue weighted by Crippen LogP contribution is -2.40. The number of aromatic amines is 1. The van der Waals surface area contributed by atoms with E-state index in [4.69, 9.17) is 11.6 Å². The van der Waals surface area contributed by atoms with Crippen LogP contribution in [0.1, 0.15) is 45.8 Å². The molecule has 0 fully saturated rings. The molecule has 3 heterocycles. The maximum Gasteiger partial charge on any atom is 0.281 e. The van der Waals surface area contributed by atoms with Gasteiger partial charge in [-0.25, -0.2) is 4.39 Å². The van der Waals surface area contributed by atoms with E-state index in [0.717, 1.165) is 11.3 Å². The molecule has 3 aromatic rings. The molecule has 4 rings (SSSR count). The number of nitrogens with zero attached hydrogens (tertiary/aromatic N) is 3. The lowest BCUT2D eigenvalue weighted by molar-refractivity contribution is -0.752. The molecule has 0 bridgehead atoms. The fourth-order valence-corrected chi connectivity index (χ4v) is 4.22. The maximum atomic E-state index is 15.0. The van der Waals surface area contributed by atoms with Crippen LogP contribution >= 0.6 is 11.6 Å². The van der Waals surface area contributed by atoms with Gasteiger partial charge in [0.15, 0.2) is 12.2 Å². The first-order valence-electron chi connectivity index (χ1n) is 9.32. The van der Waals surface area contributed by atoms with Crippen molar-refractivity contribution in [1.29, 1.82) is 0 Å². The summed E-state index contributed by atoms with van der Waals surface area (Å²) in [6.45, 7) is 6.22. The van der Waals surface area contributed by atoms with Gasteiger partial charge in [-0.15, -0.1) is 4.68 Å². The van der Waals surface area contributed by atoms with Gasteiger partial charge >= 0.3 is 0 Å². The number of aromatic nitrogens is 3. The molecule has 1 aliphatic rings. The Balaban J connectivity index is 1.99. The third-order valence-corrected chi connectivity index (χ3v) is 5.71. The minimum absolute atomic E-state index is 0.145. The Hall–Kier alpha value is -2.93. The number of hydrogen-bond donors (Lipinski definition) is 1. The van der Waals surface area contributed by atoms with Crippen LogP contribution in [0.5, 0.6) is 0 Å². The minimum atomic E-state index is -0.671. The quantitative estimate of drug-likeness (QED) is 0.668. The first kappa shape index (κ1) is 19.4. The molecule has 1 amide bonds. The smallest absolute Gasteiger partial charge is 0.281 e. The topological polar surface area (TPSA) is 62.0 Å². The van der Waals surface area contributed by atoms with Crippen LogP contribution in [-0.4, -0.2) is 15.6 Å². The first-order chi connectivity index (χ1) is 13.7. The summed E-state index contributed by atoms with van der Waals surface area (Å²) in [6.07, 6.45) is 1.60. The summed E-state index contributed by atoms with van der Waals surface area (Å²) in [6, 6.07) is 5.46. The Bertz CT molecular complexity index is 1190. The van der Waals surface area contributed by atoms with E-state index in [0.29, 0.717) is 29.1 Å². The van der Waals surface area contributed by atoms with Gasteiger partial charge in [-0.1, -0.05) is 17.7 Å². The number of pyridine rings is 1. The van der Waals surface area contributed by atoms with E-state index in [1.165, 1.54) is 15.5 Å². The zero-order chi connectivity index (χ0) is 21.0. The van der Waals surface area contributed by atoms with E-state index in [1.807, 2.05) is 18.5 Å². The largest absolute Gasteiger partial charge is 0.316 e. The van der Waals surface area contributed by atoms with Crippen molar-refractivity contribution in [1.82, 2.24) is 9.67 Å². The lowest BCUT2D eigenvalue weighted by atomic mass is 9.98. The Kier molecular flexibility index (Phi) is 4.58. The zero-order valence-electron chi connectivity index (χ0n) is 16.6. The number of H-pyrrole nitrogens is 1. The van der Waals surface area contributed by atoms with Crippen molar-refractivity contribution in [2.24, 2.45) is 7.05 Å². The number of carbonyl (C=O) groups is 1. The van der Waals surface area contributed by atoms with Crippen LogP contribution in [-0.2, 0) is 13.6 Å². The summed E-state index contributed by atoms with van der Waals surface area (Å²) in [5, 5.41) is 3.43. The molecule has 0 spiro atoms. The van der Waals surface area contributed by atoms with Crippen molar-refractivity contribution in [2.75, 3.05) is 4.90 Å². The standard InChI is InChI=1S/C21H20ClFN4O2/c1-5-26-12(3)17-18(24-26)21(29)27(14-8-11(2)20(28)25(4)10-14)19(17)15-7-6-13(22)9-16(15)23/h6-10,19H,5H2,1-4H3/p+1. The highest BCUT2D eigenvalue weighted by molar-refractivity contribution is 6.30. The van der Waals surface area contributed by atoms with Crippen LogP contribution < -0.4 is 15.1 Å². The number of halogens is 2. The fraction of sp³-hybridized carbons (Fsp3) is 0.286. The second kappa shape index (κ2) is 6.84. The van der Waals surface area contributed by atoms with Gasteiger partial charge in [-0.3, -0.25) is 14.5 Å². The number of anilines is 1. The van der Waals surface area contributed by atoms with Gasteiger partial charge in [0.25, 0.3) is 11.5 Å². The van der Waals surface area contributed by atoms with E-state index >= 15 is 0 Å². The Labute approximate surface area is 172 Å². The third-order valence-electron chi connectivity index (χ3n) is 5.47. The highest BCUT2D eigenvalue weighted by atomic mass is 35.5. The molecule has 6 nitrogen and oxygen atoms in total. The molecule has 0 saturated heterocycles. The summed E-state index contributed by atoms with van der Waals surface area (Å²) < 4.78 is 18.3. The average molecular weight is 416 g/mol. The summed E-state index contributed by atoms with van der Waals surface area (Å²) in [7, 11) is 1.63. The number of rotatable bonds is 3. The van der Waals surface area contributed by atoms with Crippen molar-refractivity contribution in [3.63, 3.8) is 0 Å². The molecular formula is C21H21ClFN4O2+. The first-order valence-corrected chi connectivity index (χ1v) is 9.70. The molecule has 0 aliphatic carbocycles. The normalized spacial score (nSPS) is 15.9. The van der Waals surface area contributed by atoms with Crippen molar-refractivity contribution >= 4 is 23.2 Å². The molecular weight excluding hydrogens is 395 g/mol. The molecule has 1 unspecified atom stereocenters. The number of hydrogen-bond acceptors (Lipinski definition) is 2. The van der Waals surface area contributed by atoms with Crippen molar-refractivity contribution < 1.29 is 13.9 Å². The Morgan fingerprint density at radius 1 is 1.24 bits per heavy atom. The van der Waals surface area contributed by atoms with Crippen LogP contribution in [0.15, 0.2) is 35.3 Å². The van der Waals surface area contributed by atoms with Crippen molar-refractivity contribution in [3.05, 3.63) is 79.7 Å². The second-order valence-corrected chi connectivity index (χ2v) is 7.71. The van der Waals surface area contributed by atoms with E-state index < -0.39 is 11.9 Å². The van der Waals surface area contributed by atoms with E-state index in [2.05, 4.69) is 5.10 Å². The number of benzene rings is 1. The lowest BCUT2D eigenvalue weighted by Gasteiger charge is -2.26. The number of nitrogens with one attached hydrogen (secondary N) is 1. The Morgan fingerprint density at radius 3 is 2.59 bits per heavy atom. The van der Waals surface area contributed by atoms with Crippen LogP contribution in [0.3, 0.4) is 0 Å². The van der Waals surface area contributed by atoms with Gasteiger partial charge < -0.3 is 4.57 Å². The maximum absolute atomic E-state index is 15.0. The van der Waals surface area contributed by atoms with Crippen LogP contribution in [0.4, 0.5) is 10.1 Å². The van der Waals surface area contributed by atoms with E-state index in [9.17, 15) is 14.0 Å². The minimum Gasteiger partial charge on any atom is -0.316 e. The molecule has 0 saturated carbocycles. The van der Waals surface area contributed by atoms with Crippen LogP contribution in [0, 0.1) is 19.7 Å². The van der Waals surface area contributed by atoms with Crippen LogP contribution in [0.25, 0.3) is 0 Å². The van der Waals surface area contributed by atoms with Gasteiger partial charge in [0.1, 0.15) is 5.82 Å². The number of aryl methyl sites for hydroxylation is 3. The number of amides is 1. The number of carbonyl (C=O) groups excluding carboxylic acids is 1. The van der Waals surface area contributed by atoms with Crippen molar-refractivity contribution in [3.8, 4) is 0 Å². The summed E-state index contributed by atoms with van der Waals surface area (Å²) >= 11 is 5.95. The van der Waals surface area contributed by atoms with Gasteiger partial charge in [-0.05, 0) is 32.0 Å². The monoisotopic (exact) mass is 415 g/mol. The number of fused-ring (bicyclic) bond motifs is 1. The predicted molar refractivity (Wildman–Crippen MR) is 108 cm³/mol. The van der Waals surface area contributed by atoms with Gasteiger partial charge in [-0.2, -0.15) is 5.10 Å². The van der Waals surface area contributed by atoms with E-state index in [1.54, 1.807) is 38.4 Å². The zero-order valence-corrected chi connectivity index (χ0v) is 17.3. The molecule has 2 aromatic heterocycles. The SMILES string of the molecule is CC[n+]1[nH]c2c(c1C)C(c1ccc(Cl)cc1F)N(c1cc(C)c(=O)n(C)c1)C2=O. The van der Waals surface area contributed by atoms with Gasteiger partial charge in [0, 0.05) is 36.3 Å². The predicted octanol–water partition coefficient (Wildman–Crippen LogP) is 3.18. The fourth-order valence-electron chi connectivity index (χ4n) is 4.06. The summed E-state index contributed by atoms with van der Waals surface area (Å²) in [4.78, 5) is 27.1. The second-order valence-electron chi connectivity index (χ2n) is 7.27. The molecule has 150 valence electrons. The third kappa shape index (κ3) is 2.88. The highest BCUT2D eigenvalue weighted by Crippen LogP contribution is 2.43. The van der Waals surface area contributed by atoms with E-state index in [-0.39, 0.29) is 16.5 Å². The summed E-state index contributed by atoms with van der Waals surface area (Å²) in [5.74, 6) is -0.758. The van der Waals surface area contributed by atoms with Crippen molar-refractivity contribution in [2.45, 2.75) is 33.4 Å². The molecule has 1 N–H and O–H groups in total. The average Bonchev–Trinajstić information content (AvgIpc) is 3.14. The molecule has 0 radical (unpaired) electrons. The van der Waals surface area contributed by atoms with Gasteiger partial charge in [0.05, 0.1) is 17.3 Å². The molecule has 1 aliphatic heterocycles. The molecule has 1 atom stereocenters. The van der Waals surface area contributed by atoms with Crippen LogP contribution in [0.2, 0.25) is 5.02 Å². The van der Waals surface area contributed by atoms with Gasteiger partial charge in [0.2, 0.25) is 5.69 Å². The molecule has 8 heteroatoms. The molecule has 1 aromatic carbocycles. The summed E-state index contributed by atoms with van der Waals surface area (Å²) in [5.41, 5.74) is 3.25. The Morgan fingerprint density at radius 2 is 1.97 bits per heavy atom.